The van der Waals surface area contributed by atoms with Crippen LogP contribution in [-0.2, 0) is 0 Å². The molecule has 13 heavy (non-hydrogen) atoms. The molecule has 0 aliphatic rings. The second-order valence-corrected chi connectivity index (χ2v) is 2.13. The predicted octanol–water partition coefficient (Wildman–Crippen LogP) is -2.80. The van der Waals surface area contributed by atoms with E-state index in [0.29, 0.717) is 11.3 Å². The smallest absolute Gasteiger partial charge is 0.856 e. The molecule has 0 heterocycles. The number of benzene rings is 1. The van der Waals surface area contributed by atoms with E-state index in [1.807, 2.05) is 0 Å². The molecule has 1 rings (SSSR count). The maximum Gasteiger partial charge on any atom is 1.00 e. The molecule has 0 aliphatic carbocycles. The van der Waals surface area contributed by atoms with Crippen molar-refractivity contribution in [1.29, 1.82) is 0 Å². The predicted molar refractivity (Wildman–Crippen MR) is 41.3 cm³/mol. The Kier molecular flexibility index (Phi) is 6.35. The van der Waals surface area contributed by atoms with Crippen LogP contribution >= 0.6 is 0 Å². The van der Waals surface area contributed by atoms with Gasteiger partial charge in [0.25, 0.3) is 0 Å². The van der Waals surface area contributed by atoms with Crippen LogP contribution in [-0.4, -0.2) is 18.2 Å². The van der Waals surface area contributed by atoms with Crippen molar-refractivity contribution in [3.05, 3.63) is 29.8 Å². The van der Waals surface area contributed by atoms with Gasteiger partial charge in [-0.25, -0.2) is 0 Å². The van der Waals surface area contributed by atoms with Crippen LogP contribution in [0.3, 0.4) is 0 Å². The van der Waals surface area contributed by atoms with Gasteiger partial charge in [-0.2, -0.15) is 0 Å². The topological polar surface area (TPSA) is 64.9 Å². The Hall–Kier alpha value is -0.0736. The van der Waals surface area contributed by atoms with Crippen molar-refractivity contribution < 1.29 is 66.4 Å². The van der Waals surface area contributed by atoms with Gasteiger partial charge < -0.3 is 15.1 Å². The SMILES string of the molecule is COc1ccc(/C([O-])=N/O)cc1.[K+]. The van der Waals surface area contributed by atoms with E-state index in [9.17, 15) is 5.11 Å². The van der Waals surface area contributed by atoms with Crippen molar-refractivity contribution in [1.82, 2.24) is 0 Å². The van der Waals surface area contributed by atoms with Gasteiger partial charge in [0, 0.05) is 5.90 Å². The first-order valence-corrected chi connectivity index (χ1v) is 3.31. The number of hydrogen-bond donors (Lipinski definition) is 1. The average molecular weight is 205 g/mol. The van der Waals surface area contributed by atoms with E-state index < -0.39 is 5.90 Å². The van der Waals surface area contributed by atoms with Gasteiger partial charge >= 0.3 is 51.4 Å². The van der Waals surface area contributed by atoms with Crippen LogP contribution in [0, 0.1) is 0 Å². The summed E-state index contributed by atoms with van der Waals surface area (Å²) in [6.45, 7) is 0. The third kappa shape index (κ3) is 3.66. The molecule has 0 fully saturated rings. The zero-order valence-corrected chi connectivity index (χ0v) is 10.6. The number of nitrogens with zero attached hydrogens (tertiary/aromatic N) is 1. The van der Waals surface area contributed by atoms with E-state index in [-0.39, 0.29) is 51.4 Å². The van der Waals surface area contributed by atoms with E-state index in [4.69, 9.17) is 9.94 Å². The van der Waals surface area contributed by atoms with E-state index >= 15 is 0 Å². The molecule has 1 N–H and O–H groups in total. The molecule has 5 heteroatoms. The Labute approximate surface area is 119 Å². The van der Waals surface area contributed by atoms with Gasteiger partial charge in [0.15, 0.2) is 0 Å². The number of rotatable bonds is 2. The summed E-state index contributed by atoms with van der Waals surface area (Å²) in [4.78, 5) is 0. The number of oxime groups is 1. The summed E-state index contributed by atoms with van der Waals surface area (Å²) in [5.74, 6) is 0.00198. The number of ether oxygens (including phenoxy) is 1. The molecule has 0 spiro atoms. The first-order chi connectivity index (χ1) is 5.77. The van der Waals surface area contributed by atoms with Crippen molar-refractivity contribution in [2.24, 2.45) is 5.16 Å². The van der Waals surface area contributed by atoms with Crippen LogP contribution in [0.25, 0.3) is 0 Å². The third-order valence-corrected chi connectivity index (χ3v) is 1.43. The van der Waals surface area contributed by atoms with E-state index in [0.717, 1.165) is 0 Å². The molecule has 0 saturated heterocycles. The van der Waals surface area contributed by atoms with Gasteiger partial charge in [0.1, 0.15) is 5.75 Å². The molecule has 0 aromatic heterocycles. The van der Waals surface area contributed by atoms with E-state index in [1.54, 1.807) is 12.1 Å². The van der Waals surface area contributed by atoms with Crippen molar-refractivity contribution in [3.63, 3.8) is 0 Å². The first-order valence-electron chi connectivity index (χ1n) is 3.31. The molecule has 0 bridgehead atoms. The van der Waals surface area contributed by atoms with Crippen molar-refractivity contribution in [3.8, 4) is 5.75 Å². The van der Waals surface area contributed by atoms with Gasteiger partial charge in [-0.3, -0.25) is 0 Å². The second-order valence-electron chi connectivity index (χ2n) is 2.13. The Morgan fingerprint density at radius 2 is 1.92 bits per heavy atom. The quantitative estimate of drug-likeness (QED) is 0.186. The van der Waals surface area contributed by atoms with Crippen LogP contribution < -0.4 is 61.2 Å². The van der Waals surface area contributed by atoms with Gasteiger partial charge in [-0.1, -0.05) is 12.1 Å². The third-order valence-electron chi connectivity index (χ3n) is 1.43. The van der Waals surface area contributed by atoms with Crippen molar-refractivity contribution in [2.45, 2.75) is 0 Å². The van der Waals surface area contributed by atoms with Gasteiger partial charge in [0.2, 0.25) is 0 Å². The Balaban J connectivity index is 0.00000144. The Morgan fingerprint density at radius 1 is 1.38 bits per heavy atom. The molecule has 0 amide bonds. The summed E-state index contributed by atoms with van der Waals surface area (Å²) in [6, 6.07) is 6.30. The van der Waals surface area contributed by atoms with Crippen LogP contribution in [0.15, 0.2) is 29.4 Å². The fraction of sp³-hybridized carbons (Fsp3) is 0.125. The summed E-state index contributed by atoms with van der Waals surface area (Å²) in [5, 5.41) is 21.4. The molecule has 0 aliphatic heterocycles. The monoisotopic (exact) mass is 205 g/mol. The van der Waals surface area contributed by atoms with Crippen LogP contribution in [0.4, 0.5) is 0 Å². The normalized spacial score (nSPS) is 10.4. The maximum atomic E-state index is 10.8. The molecule has 1 aromatic rings. The average Bonchev–Trinajstić information content (AvgIpc) is 2.17. The van der Waals surface area contributed by atoms with E-state index in [2.05, 4.69) is 5.16 Å². The molecule has 1 aromatic carbocycles. The molecule has 0 radical (unpaired) electrons. The van der Waals surface area contributed by atoms with Crippen LogP contribution in [0.1, 0.15) is 5.56 Å². The molecule has 4 nitrogen and oxygen atoms in total. The molecule has 64 valence electrons. The first kappa shape index (κ1) is 12.9. The van der Waals surface area contributed by atoms with Gasteiger partial charge in [-0.15, -0.1) is 5.16 Å². The zero-order chi connectivity index (χ0) is 8.97. The molecular weight excluding hydrogens is 197 g/mol. The fourth-order valence-electron chi connectivity index (χ4n) is 0.791. The fourth-order valence-corrected chi connectivity index (χ4v) is 0.791. The van der Waals surface area contributed by atoms with Gasteiger partial charge in [0.05, 0.1) is 7.11 Å². The summed E-state index contributed by atoms with van der Waals surface area (Å²) >= 11 is 0. The minimum atomic E-state index is -0.655. The number of methoxy groups -OCH3 is 1. The summed E-state index contributed by atoms with van der Waals surface area (Å²) < 4.78 is 4.88. The maximum absolute atomic E-state index is 10.8. The summed E-state index contributed by atoms with van der Waals surface area (Å²) in [6.07, 6.45) is 0. The van der Waals surface area contributed by atoms with E-state index in [1.165, 1.54) is 19.2 Å². The molecular formula is C8H8KNO3. The number of hydrogen-bond acceptors (Lipinski definition) is 4. The van der Waals surface area contributed by atoms with Crippen molar-refractivity contribution >= 4 is 5.90 Å². The summed E-state index contributed by atoms with van der Waals surface area (Å²) in [5.41, 5.74) is 0.332. The minimum absolute atomic E-state index is 0. The molecule has 0 saturated carbocycles. The Bertz CT molecular complexity index is 284. The second kappa shape index (κ2) is 6.39. The van der Waals surface area contributed by atoms with Crippen LogP contribution in [0.2, 0.25) is 0 Å². The van der Waals surface area contributed by atoms with Gasteiger partial charge in [-0.05, 0) is 17.7 Å². The molecule has 0 atom stereocenters. The molecule has 0 unspecified atom stereocenters. The largest absolute Gasteiger partial charge is 1.00 e. The van der Waals surface area contributed by atoms with Crippen molar-refractivity contribution in [2.75, 3.05) is 7.11 Å². The van der Waals surface area contributed by atoms with Crippen LogP contribution in [0.5, 0.6) is 5.75 Å². The minimum Gasteiger partial charge on any atom is -0.856 e. The standard InChI is InChI=1S/C8H9NO3.K/c1-12-7-4-2-6(3-5-7)8(10)9-11;/h2-5,11H,1H3,(H,9,10);/q;+1/p-1. The zero-order valence-electron chi connectivity index (χ0n) is 7.52. The Morgan fingerprint density at radius 3 is 2.31 bits per heavy atom. The summed E-state index contributed by atoms with van der Waals surface area (Å²) in [7, 11) is 1.53.